The van der Waals surface area contributed by atoms with Crippen molar-refractivity contribution in [1.29, 1.82) is 0 Å². The minimum atomic E-state index is -0.106. The monoisotopic (exact) mass is 379 g/mol. The molecular formula is C17H18BrNO2S. The molecule has 2 rings (SSSR count). The van der Waals surface area contributed by atoms with E-state index in [4.69, 9.17) is 4.74 Å². The first-order valence-electron chi connectivity index (χ1n) is 6.88. The van der Waals surface area contributed by atoms with Crippen LogP contribution < -0.4 is 10.1 Å². The molecule has 0 saturated carbocycles. The number of ether oxygens (including phenoxy) is 1. The van der Waals surface area contributed by atoms with Gasteiger partial charge >= 0.3 is 0 Å². The van der Waals surface area contributed by atoms with E-state index in [1.807, 2.05) is 50.3 Å². The predicted molar refractivity (Wildman–Crippen MR) is 95.3 cm³/mol. The Morgan fingerprint density at radius 2 is 2.14 bits per heavy atom. The van der Waals surface area contributed by atoms with Crippen LogP contribution in [-0.4, -0.2) is 13.0 Å². The van der Waals surface area contributed by atoms with Crippen molar-refractivity contribution in [1.82, 2.24) is 5.32 Å². The van der Waals surface area contributed by atoms with Crippen LogP contribution in [0.2, 0.25) is 0 Å². The Labute approximate surface area is 143 Å². The minimum Gasteiger partial charge on any atom is -0.496 e. The number of amides is 1. The van der Waals surface area contributed by atoms with Crippen molar-refractivity contribution in [3.63, 3.8) is 0 Å². The van der Waals surface area contributed by atoms with Crippen molar-refractivity contribution in [3.8, 4) is 5.75 Å². The zero-order chi connectivity index (χ0) is 16.1. The lowest BCUT2D eigenvalue weighted by molar-refractivity contribution is -0.117. The molecule has 2 aromatic rings. The summed E-state index contributed by atoms with van der Waals surface area (Å²) in [5.74, 6) is 0.667. The zero-order valence-corrected chi connectivity index (χ0v) is 15.1. The molecule has 0 aliphatic rings. The molecule has 1 atom stereocenters. The molecule has 0 fully saturated rings. The Bertz CT molecular complexity index is 694. The molecule has 1 aromatic carbocycles. The van der Waals surface area contributed by atoms with E-state index >= 15 is 0 Å². The fourth-order valence-corrected chi connectivity index (χ4v) is 3.34. The normalized spacial score (nSPS) is 12.4. The van der Waals surface area contributed by atoms with E-state index in [1.54, 1.807) is 24.5 Å². The minimum absolute atomic E-state index is 0.0792. The van der Waals surface area contributed by atoms with Crippen molar-refractivity contribution in [2.75, 3.05) is 7.11 Å². The van der Waals surface area contributed by atoms with Gasteiger partial charge in [0.2, 0.25) is 5.91 Å². The molecule has 0 aliphatic heterocycles. The highest BCUT2D eigenvalue weighted by Gasteiger charge is 2.10. The number of hydrogen-bond donors (Lipinski definition) is 1. The van der Waals surface area contributed by atoms with Crippen molar-refractivity contribution in [2.45, 2.75) is 19.9 Å². The number of thiophene rings is 1. The molecule has 3 nitrogen and oxygen atoms in total. The van der Waals surface area contributed by atoms with Gasteiger partial charge in [0.15, 0.2) is 0 Å². The van der Waals surface area contributed by atoms with Crippen LogP contribution in [0, 0.1) is 6.92 Å². The van der Waals surface area contributed by atoms with Crippen LogP contribution in [0.4, 0.5) is 0 Å². The van der Waals surface area contributed by atoms with Gasteiger partial charge in [0, 0.05) is 15.8 Å². The molecule has 0 saturated heterocycles. The average Bonchev–Trinajstić information content (AvgIpc) is 2.90. The number of rotatable bonds is 5. The van der Waals surface area contributed by atoms with Crippen LogP contribution >= 0.6 is 27.3 Å². The van der Waals surface area contributed by atoms with Gasteiger partial charge in [-0.15, -0.1) is 11.3 Å². The molecule has 1 amide bonds. The lowest BCUT2D eigenvalue weighted by atomic mass is 10.1. The SMILES string of the molecule is COc1ccc([C@@H](C)NC(=O)/C=C/c2ccc(C)s2)cc1Br. The van der Waals surface area contributed by atoms with Gasteiger partial charge < -0.3 is 10.1 Å². The topological polar surface area (TPSA) is 38.3 Å². The number of carbonyl (C=O) groups excluding carboxylic acids is 1. The van der Waals surface area contributed by atoms with Crippen LogP contribution in [0.15, 0.2) is 40.9 Å². The molecule has 1 heterocycles. The van der Waals surface area contributed by atoms with Gasteiger partial charge in [0.25, 0.3) is 0 Å². The Kier molecular flexibility index (Phi) is 5.80. The molecule has 116 valence electrons. The quantitative estimate of drug-likeness (QED) is 0.763. The molecule has 0 unspecified atom stereocenters. The molecular weight excluding hydrogens is 362 g/mol. The molecule has 0 spiro atoms. The van der Waals surface area contributed by atoms with Gasteiger partial charge in [-0.1, -0.05) is 6.07 Å². The number of hydrogen-bond acceptors (Lipinski definition) is 3. The summed E-state index contributed by atoms with van der Waals surface area (Å²) in [6.07, 6.45) is 3.41. The first-order valence-corrected chi connectivity index (χ1v) is 8.49. The highest BCUT2D eigenvalue weighted by Crippen LogP contribution is 2.28. The van der Waals surface area contributed by atoms with E-state index < -0.39 is 0 Å². The van der Waals surface area contributed by atoms with Crippen LogP contribution in [0.1, 0.15) is 28.3 Å². The standard InChI is InChI=1S/C17H18BrNO2S/c1-11-4-6-14(22-11)7-9-17(20)19-12(2)13-5-8-16(21-3)15(18)10-13/h4-10,12H,1-3H3,(H,19,20)/b9-7+/t12-/m1/s1. The van der Waals surface area contributed by atoms with E-state index in [0.29, 0.717) is 0 Å². The van der Waals surface area contributed by atoms with Gasteiger partial charge in [0.1, 0.15) is 5.75 Å². The van der Waals surface area contributed by atoms with E-state index in [-0.39, 0.29) is 11.9 Å². The van der Waals surface area contributed by atoms with E-state index in [0.717, 1.165) is 20.7 Å². The summed E-state index contributed by atoms with van der Waals surface area (Å²) in [5.41, 5.74) is 1.02. The second kappa shape index (κ2) is 7.61. The summed E-state index contributed by atoms with van der Waals surface area (Å²) < 4.78 is 6.08. The number of aryl methyl sites for hydroxylation is 1. The van der Waals surface area contributed by atoms with E-state index in [9.17, 15) is 4.79 Å². The summed E-state index contributed by atoms with van der Waals surface area (Å²) in [4.78, 5) is 14.3. The first-order chi connectivity index (χ1) is 10.5. The molecule has 0 radical (unpaired) electrons. The summed E-state index contributed by atoms with van der Waals surface area (Å²) in [5, 5.41) is 2.96. The molecule has 0 aliphatic carbocycles. The van der Waals surface area contributed by atoms with Gasteiger partial charge in [-0.3, -0.25) is 4.79 Å². The third kappa shape index (κ3) is 4.45. The fourth-order valence-electron chi connectivity index (χ4n) is 2.00. The maximum atomic E-state index is 12.0. The van der Waals surface area contributed by atoms with E-state index in [2.05, 4.69) is 21.2 Å². The van der Waals surface area contributed by atoms with Crippen LogP contribution in [0.5, 0.6) is 5.75 Å². The van der Waals surface area contributed by atoms with E-state index in [1.165, 1.54) is 4.88 Å². The van der Waals surface area contributed by atoms with Gasteiger partial charge in [-0.2, -0.15) is 0 Å². The second-order valence-corrected chi connectivity index (χ2v) is 7.08. The molecule has 22 heavy (non-hydrogen) atoms. The van der Waals surface area contributed by atoms with Crippen LogP contribution in [0.3, 0.4) is 0 Å². The maximum absolute atomic E-state index is 12.0. The summed E-state index contributed by atoms with van der Waals surface area (Å²) in [6.45, 7) is 4.00. The molecule has 5 heteroatoms. The van der Waals surface area contributed by atoms with Gasteiger partial charge in [-0.25, -0.2) is 0 Å². The summed E-state index contributed by atoms with van der Waals surface area (Å²) in [7, 11) is 1.63. The Morgan fingerprint density at radius 1 is 1.36 bits per heavy atom. The average molecular weight is 380 g/mol. The lowest BCUT2D eigenvalue weighted by Gasteiger charge is -2.14. The molecule has 1 N–H and O–H groups in total. The van der Waals surface area contributed by atoms with Crippen molar-refractivity contribution in [2.24, 2.45) is 0 Å². The number of methoxy groups -OCH3 is 1. The number of benzene rings is 1. The number of nitrogens with one attached hydrogen (secondary N) is 1. The molecule has 1 aromatic heterocycles. The number of carbonyl (C=O) groups is 1. The summed E-state index contributed by atoms with van der Waals surface area (Å²) >= 11 is 5.12. The largest absolute Gasteiger partial charge is 0.496 e. The van der Waals surface area contributed by atoms with Gasteiger partial charge in [-0.05, 0) is 65.7 Å². The Hall–Kier alpha value is -1.59. The van der Waals surface area contributed by atoms with Crippen LogP contribution in [-0.2, 0) is 4.79 Å². The smallest absolute Gasteiger partial charge is 0.244 e. The molecule has 0 bridgehead atoms. The number of halogens is 1. The zero-order valence-electron chi connectivity index (χ0n) is 12.7. The van der Waals surface area contributed by atoms with Gasteiger partial charge in [0.05, 0.1) is 17.6 Å². The maximum Gasteiger partial charge on any atom is 0.244 e. The van der Waals surface area contributed by atoms with Crippen molar-refractivity contribution < 1.29 is 9.53 Å². The Morgan fingerprint density at radius 3 is 2.73 bits per heavy atom. The first kappa shape index (κ1) is 16.8. The third-order valence-electron chi connectivity index (χ3n) is 3.19. The fraction of sp³-hybridized carbons (Fsp3) is 0.235. The highest BCUT2D eigenvalue weighted by atomic mass is 79.9. The Balaban J connectivity index is 1.99. The lowest BCUT2D eigenvalue weighted by Crippen LogP contribution is -2.24. The third-order valence-corrected chi connectivity index (χ3v) is 4.78. The highest BCUT2D eigenvalue weighted by molar-refractivity contribution is 9.10. The van der Waals surface area contributed by atoms with Crippen LogP contribution in [0.25, 0.3) is 6.08 Å². The van der Waals surface area contributed by atoms with Crippen molar-refractivity contribution >= 4 is 39.2 Å². The van der Waals surface area contributed by atoms with Crippen molar-refractivity contribution in [3.05, 3.63) is 56.2 Å². The predicted octanol–water partition coefficient (Wildman–Crippen LogP) is 4.72. The summed E-state index contributed by atoms with van der Waals surface area (Å²) in [6, 6.07) is 9.75. The second-order valence-electron chi connectivity index (χ2n) is 4.91.